The van der Waals surface area contributed by atoms with Crippen LogP contribution < -0.4 is 10.1 Å². The van der Waals surface area contributed by atoms with Crippen LogP contribution in [0, 0.1) is 5.92 Å². The summed E-state index contributed by atoms with van der Waals surface area (Å²) in [7, 11) is 3.19. The van der Waals surface area contributed by atoms with Gasteiger partial charge < -0.3 is 14.5 Å². The number of ether oxygens (including phenoxy) is 1. The van der Waals surface area contributed by atoms with E-state index in [4.69, 9.17) is 9.15 Å². The second-order valence-electron chi connectivity index (χ2n) is 9.52. The number of nitrogens with one attached hydrogen (secondary N) is 1. The molecule has 3 amide bonds. The van der Waals surface area contributed by atoms with Gasteiger partial charge in [-0.2, -0.15) is 0 Å². The van der Waals surface area contributed by atoms with Gasteiger partial charge in [-0.05, 0) is 67.2 Å². The van der Waals surface area contributed by atoms with Crippen molar-refractivity contribution >= 4 is 11.9 Å². The molecular weight excluding hydrogens is 442 g/mol. The number of urea groups is 1. The van der Waals surface area contributed by atoms with E-state index < -0.39 is 5.54 Å². The number of furan rings is 1. The Morgan fingerprint density at radius 1 is 1.03 bits per heavy atom. The number of nitrogens with zero attached hydrogens (tertiary/aromatic N) is 2. The number of hydrogen-bond acceptors (Lipinski definition) is 5. The second-order valence-corrected chi connectivity index (χ2v) is 9.52. The molecule has 1 aromatic heterocycles. The summed E-state index contributed by atoms with van der Waals surface area (Å²) in [6.45, 7) is 2.60. The van der Waals surface area contributed by atoms with Crippen molar-refractivity contribution in [2.75, 3.05) is 27.2 Å². The van der Waals surface area contributed by atoms with Gasteiger partial charge in [0.1, 0.15) is 17.0 Å². The number of piperidine rings is 1. The topological polar surface area (TPSA) is 75.0 Å². The number of methoxy groups -OCH3 is 1. The predicted octanol–water partition coefficient (Wildman–Crippen LogP) is 4.33. The number of likely N-dealkylation sites (tertiary alicyclic amines) is 1. The Hall–Kier alpha value is -3.58. The quantitative estimate of drug-likeness (QED) is 0.517. The van der Waals surface area contributed by atoms with Crippen molar-refractivity contribution in [2.24, 2.45) is 5.92 Å². The van der Waals surface area contributed by atoms with Crippen LogP contribution in [0.5, 0.6) is 5.75 Å². The molecule has 2 aromatic carbocycles. The molecular formula is C28H31N3O4. The van der Waals surface area contributed by atoms with Gasteiger partial charge in [-0.25, -0.2) is 4.79 Å². The van der Waals surface area contributed by atoms with E-state index in [9.17, 15) is 9.59 Å². The molecule has 1 N–H and O–H groups in total. The predicted molar refractivity (Wildman–Crippen MR) is 133 cm³/mol. The summed E-state index contributed by atoms with van der Waals surface area (Å²) in [4.78, 5) is 29.6. The molecule has 0 saturated carbocycles. The van der Waals surface area contributed by atoms with E-state index in [2.05, 4.69) is 34.5 Å². The van der Waals surface area contributed by atoms with Crippen LogP contribution in [0.3, 0.4) is 0 Å². The Morgan fingerprint density at radius 3 is 2.43 bits per heavy atom. The monoisotopic (exact) mass is 473 g/mol. The van der Waals surface area contributed by atoms with E-state index in [1.165, 1.54) is 10.5 Å². The zero-order valence-electron chi connectivity index (χ0n) is 20.2. The largest absolute Gasteiger partial charge is 0.497 e. The van der Waals surface area contributed by atoms with Crippen molar-refractivity contribution in [1.29, 1.82) is 0 Å². The average Bonchev–Trinajstić information content (AvgIpc) is 3.50. The molecule has 0 aliphatic carbocycles. The summed E-state index contributed by atoms with van der Waals surface area (Å²) in [5.41, 5.74) is 2.37. The van der Waals surface area contributed by atoms with Crippen molar-refractivity contribution in [3.63, 3.8) is 0 Å². The van der Waals surface area contributed by atoms with Crippen LogP contribution in [0.2, 0.25) is 0 Å². The van der Waals surface area contributed by atoms with Crippen molar-refractivity contribution < 1.29 is 18.7 Å². The van der Waals surface area contributed by atoms with Crippen LogP contribution in [0.25, 0.3) is 11.3 Å². The molecule has 3 heterocycles. The number of carbonyl (C=O) groups is 2. The maximum absolute atomic E-state index is 13.4. The minimum atomic E-state index is -0.922. The van der Waals surface area contributed by atoms with E-state index >= 15 is 0 Å². The van der Waals surface area contributed by atoms with E-state index in [1.54, 1.807) is 20.4 Å². The number of likely N-dealkylation sites (N-methyl/N-ethyl adjacent to an activating group) is 1. The third kappa shape index (κ3) is 4.56. The van der Waals surface area contributed by atoms with Gasteiger partial charge in [-0.15, -0.1) is 0 Å². The molecule has 35 heavy (non-hydrogen) atoms. The van der Waals surface area contributed by atoms with E-state index in [0.717, 1.165) is 55.1 Å². The summed E-state index contributed by atoms with van der Waals surface area (Å²) in [6.07, 6.45) is 3.82. The minimum absolute atomic E-state index is 0.0627. The van der Waals surface area contributed by atoms with Crippen molar-refractivity contribution in [1.82, 2.24) is 15.1 Å². The third-order valence-electron chi connectivity index (χ3n) is 7.39. The second kappa shape index (κ2) is 9.58. The molecule has 7 nitrogen and oxygen atoms in total. The molecule has 2 aliphatic heterocycles. The Balaban J connectivity index is 1.28. The zero-order valence-corrected chi connectivity index (χ0v) is 20.2. The highest BCUT2D eigenvalue weighted by molar-refractivity contribution is 6.07. The van der Waals surface area contributed by atoms with Crippen LogP contribution in [0.1, 0.15) is 24.0 Å². The first kappa shape index (κ1) is 23.2. The zero-order chi connectivity index (χ0) is 24.4. The van der Waals surface area contributed by atoms with Gasteiger partial charge >= 0.3 is 6.03 Å². The van der Waals surface area contributed by atoms with Crippen molar-refractivity contribution in [3.8, 4) is 17.1 Å². The van der Waals surface area contributed by atoms with E-state index in [-0.39, 0.29) is 17.9 Å². The number of carbonyl (C=O) groups excluding carboxylic acids is 2. The average molecular weight is 474 g/mol. The molecule has 2 aliphatic rings. The van der Waals surface area contributed by atoms with Crippen LogP contribution in [0.15, 0.2) is 71.3 Å². The number of imide groups is 1. The molecule has 3 aromatic rings. The van der Waals surface area contributed by atoms with Gasteiger partial charge in [0, 0.05) is 25.6 Å². The smallest absolute Gasteiger partial charge is 0.324 e. The Labute approximate surface area is 205 Å². The maximum Gasteiger partial charge on any atom is 0.324 e. The van der Waals surface area contributed by atoms with E-state index in [0.29, 0.717) is 6.42 Å². The van der Waals surface area contributed by atoms with Gasteiger partial charge in [0.05, 0.1) is 13.4 Å². The highest BCUT2D eigenvalue weighted by atomic mass is 16.5. The Kier molecular flexibility index (Phi) is 6.34. The summed E-state index contributed by atoms with van der Waals surface area (Å²) < 4.78 is 10.9. The van der Waals surface area contributed by atoms with Crippen molar-refractivity contribution in [3.05, 3.63) is 78.1 Å². The van der Waals surface area contributed by atoms with Crippen LogP contribution >= 0.6 is 0 Å². The number of benzene rings is 2. The molecule has 5 rings (SSSR count). The lowest BCUT2D eigenvalue weighted by Gasteiger charge is -2.41. The molecule has 0 bridgehead atoms. The molecule has 1 atom stereocenters. The molecule has 182 valence electrons. The van der Waals surface area contributed by atoms with Gasteiger partial charge in [0.15, 0.2) is 0 Å². The SMILES string of the molecule is COc1cccc(C[C@@]2(C3CCN(Cc4ccc(-c5ccco5)cc4)CC3)NC(=O)N(C)C2=O)c1. The summed E-state index contributed by atoms with van der Waals surface area (Å²) in [6, 6.07) is 19.7. The lowest BCUT2D eigenvalue weighted by Crippen LogP contribution is -2.57. The van der Waals surface area contributed by atoms with E-state index in [1.807, 2.05) is 36.4 Å². The standard InChI is InChI=1S/C28H31N3O4/c1-30-26(32)28(29-27(30)33,18-21-5-3-6-24(17-21)34-2)23-12-14-31(15-13-23)19-20-8-10-22(11-9-20)25-7-4-16-35-25/h3-11,16-17,23H,12-15,18-19H2,1-2H3,(H,29,33)/t28-/m0/s1. The first-order valence-electron chi connectivity index (χ1n) is 12.1. The molecule has 0 radical (unpaired) electrons. The number of amides is 3. The molecule has 2 fully saturated rings. The number of hydrogen-bond donors (Lipinski definition) is 1. The first-order valence-corrected chi connectivity index (χ1v) is 12.1. The van der Waals surface area contributed by atoms with Gasteiger partial charge in [0.2, 0.25) is 0 Å². The maximum atomic E-state index is 13.4. The molecule has 2 saturated heterocycles. The molecule has 7 heteroatoms. The Bertz CT molecular complexity index is 1180. The van der Waals surface area contributed by atoms with Gasteiger partial charge in [-0.1, -0.05) is 36.4 Å². The number of rotatable bonds is 7. The molecule has 0 unspecified atom stereocenters. The summed E-state index contributed by atoms with van der Waals surface area (Å²) in [5.74, 6) is 1.53. The van der Waals surface area contributed by atoms with Gasteiger partial charge in [0.25, 0.3) is 5.91 Å². The fourth-order valence-corrected chi connectivity index (χ4v) is 5.42. The fourth-order valence-electron chi connectivity index (χ4n) is 5.42. The summed E-state index contributed by atoms with van der Waals surface area (Å²) >= 11 is 0. The van der Waals surface area contributed by atoms with Gasteiger partial charge in [-0.3, -0.25) is 14.6 Å². The highest BCUT2D eigenvalue weighted by Crippen LogP contribution is 2.37. The van der Waals surface area contributed by atoms with Crippen LogP contribution in [-0.4, -0.2) is 54.5 Å². The lowest BCUT2D eigenvalue weighted by atomic mass is 9.74. The lowest BCUT2D eigenvalue weighted by molar-refractivity contribution is -0.133. The van der Waals surface area contributed by atoms with Crippen LogP contribution in [-0.2, 0) is 17.8 Å². The minimum Gasteiger partial charge on any atom is -0.497 e. The Morgan fingerprint density at radius 2 is 1.80 bits per heavy atom. The highest BCUT2D eigenvalue weighted by Gasteiger charge is 2.54. The normalized spacial score (nSPS) is 21.4. The van der Waals surface area contributed by atoms with Crippen LogP contribution in [0.4, 0.5) is 4.79 Å². The summed E-state index contributed by atoms with van der Waals surface area (Å²) in [5, 5.41) is 3.08. The first-order chi connectivity index (χ1) is 17.0. The van der Waals surface area contributed by atoms with Crippen molar-refractivity contribution in [2.45, 2.75) is 31.3 Å². The fraction of sp³-hybridized carbons (Fsp3) is 0.357. The molecule has 0 spiro atoms. The third-order valence-corrected chi connectivity index (χ3v) is 7.39.